The van der Waals surface area contributed by atoms with Crippen molar-refractivity contribution in [1.82, 2.24) is 0 Å². The lowest BCUT2D eigenvalue weighted by Gasteiger charge is -2.14. The molecule has 0 aliphatic carbocycles. The molecule has 0 saturated heterocycles. The van der Waals surface area contributed by atoms with Crippen LogP contribution in [0.15, 0.2) is 12.1 Å². The number of hydrogen-bond donors (Lipinski definition) is 1. The Morgan fingerprint density at radius 2 is 2.11 bits per heavy atom. The van der Waals surface area contributed by atoms with Crippen LogP contribution in [0.3, 0.4) is 0 Å². The minimum Gasteiger partial charge on any atom is -0.465 e. The number of ether oxygens (including phenoxy) is 2. The van der Waals surface area contributed by atoms with Crippen molar-refractivity contribution in [3.63, 3.8) is 0 Å². The van der Waals surface area contributed by atoms with Crippen molar-refractivity contribution in [3.05, 3.63) is 28.8 Å². The minimum atomic E-state index is -4.93. The van der Waals surface area contributed by atoms with E-state index in [9.17, 15) is 18.0 Å². The van der Waals surface area contributed by atoms with E-state index < -0.39 is 18.1 Å². The average Bonchev–Trinajstić information content (AvgIpc) is 2.35. The largest absolute Gasteiger partial charge is 0.573 e. The van der Waals surface area contributed by atoms with Gasteiger partial charge in [-0.25, -0.2) is 4.79 Å². The van der Waals surface area contributed by atoms with Crippen molar-refractivity contribution in [1.29, 1.82) is 5.26 Å². The Hall–Kier alpha value is -2.27. The number of halogens is 3. The molecule has 1 rings (SSSR count). The van der Waals surface area contributed by atoms with Crippen LogP contribution in [-0.4, -0.2) is 19.4 Å². The third-order valence-corrected chi connectivity index (χ3v) is 2.17. The number of nitrogens with two attached hydrogens (primary N) is 1. The van der Waals surface area contributed by atoms with Gasteiger partial charge in [-0.3, -0.25) is 0 Å². The molecule has 0 unspecified atom stereocenters. The number of rotatable bonds is 3. The number of carbonyl (C=O) groups excluding carboxylic acids is 1. The molecule has 102 valence electrons. The summed E-state index contributed by atoms with van der Waals surface area (Å²) in [5.74, 6) is -1.57. The Morgan fingerprint density at radius 1 is 1.47 bits per heavy atom. The summed E-state index contributed by atoms with van der Waals surface area (Å²) in [6, 6.07) is 3.54. The number of hydrogen-bond acceptors (Lipinski definition) is 5. The lowest BCUT2D eigenvalue weighted by molar-refractivity contribution is -0.274. The van der Waals surface area contributed by atoms with Crippen LogP contribution in [0.5, 0.6) is 5.75 Å². The smallest absolute Gasteiger partial charge is 0.465 e. The van der Waals surface area contributed by atoms with Crippen LogP contribution < -0.4 is 10.5 Å². The molecule has 0 aliphatic rings. The lowest BCUT2D eigenvalue weighted by atomic mass is 10.0. The van der Waals surface area contributed by atoms with Crippen molar-refractivity contribution < 1.29 is 27.4 Å². The maximum atomic E-state index is 12.2. The van der Waals surface area contributed by atoms with E-state index in [4.69, 9.17) is 11.0 Å². The molecule has 0 radical (unpaired) electrons. The molecule has 1 aromatic rings. The summed E-state index contributed by atoms with van der Waals surface area (Å²) in [4.78, 5) is 11.4. The average molecular weight is 274 g/mol. The fraction of sp³-hybridized carbons (Fsp3) is 0.273. The van der Waals surface area contributed by atoms with Gasteiger partial charge in [-0.1, -0.05) is 0 Å². The van der Waals surface area contributed by atoms with Gasteiger partial charge in [0.25, 0.3) is 0 Å². The topological polar surface area (TPSA) is 85.3 Å². The highest BCUT2D eigenvalue weighted by Gasteiger charge is 2.32. The number of alkyl halides is 3. The van der Waals surface area contributed by atoms with Crippen molar-refractivity contribution in [2.45, 2.75) is 12.9 Å². The molecule has 0 atom stereocenters. The Morgan fingerprint density at radius 3 is 2.53 bits per heavy atom. The molecule has 19 heavy (non-hydrogen) atoms. The van der Waals surface area contributed by atoms with Crippen LogP contribution in [0, 0.1) is 11.3 Å². The van der Waals surface area contributed by atoms with Gasteiger partial charge >= 0.3 is 12.3 Å². The van der Waals surface area contributed by atoms with Crippen LogP contribution in [0.4, 0.5) is 13.2 Å². The molecule has 8 heteroatoms. The lowest BCUT2D eigenvalue weighted by Crippen LogP contribution is -2.19. The third kappa shape index (κ3) is 3.59. The van der Waals surface area contributed by atoms with Gasteiger partial charge in [-0.2, -0.15) is 5.26 Å². The molecule has 0 aromatic heterocycles. The van der Waals surface area contributed by atoms with Crippen LogP contribution in [0.25, 0.3) is 0 Å². The minimum absolute atomic E-state index is 0.0403. The first-order chi connectivity index (χ1) is 8.82. The van der Waals surface area contributed by atoms with Crippen molar-refractivity contribution in [2.75, 3.05) is 7.11 Å². The monoisotopic (exact) mass is 274 g/mol. The van der Waals surface area contributed by atoms with Gasteiger partial charge in [-0.05, 0) is 12.1 Å². The van der Waals surface area contributed by atoms with Crippen LogP contribution in [-0.2, 0) is 11.3 Å². The molecule has 0 aliphatic heterocycles. The quantitative estimate of drug-likeness (QED) is 0.848. The van der Waals surface area contributed by atoms with Gasteiger partial charge in [0.2, 0.25) is 0 Å². The normalized spacial score (nSPS) is 10.7. The zero-order valence-corrected chi connectivity index (χ0v) is 9.75. The van der Waals surface area contributed by atoms with Crippen LogP contribution in [0.2, 0.25) is 0 Å². The number of carbonyl (C=O) groups is 1. The van der Waals surface area contributed by atoms with Crippen molar-refractivity contribution >= 4 is 5.97 Å². The molecule has 1 aromatic carbocycles. The van der Waals surface area contributed by atoms with E-state index in [1.54, 1.807) is 6.07 Å². The molecule has 5 nitrogen and oxygen atoms in total. The summed E-state index contributed by atoms with van der Waals surface area (Å²) < 4.78 is 44.8. The second-order valence-corrected chi connectivity index (χ2v) is 3.36. The van der Waals surface area contributed by atoms with Crippen molar-refractivity contribution in [2.24, 2.45) is 5.73 Å². The highest BCUT2D eigenvalue weighted by Crippen LogP contribution is 2.29. The summed E-state index contributed by atoms with van der Waals surface area (Å²) in [7, 11) is 1.05. The summed E-state index contributed by atoms with van der Waals surface area (Å²) >= 11 is 0. The summed E-state index contributed by atoms with van der Waals surface area (Å²) in [6.45, 7) is -0.276. The zero-order valence-electron chi connectivity index (χ0n) is 9.75. The maximum absolute atomic E-state index is 12.2. The maximum Gasteiger partial charge on any atom is 0.573 e. The van der Waals surface area contributed by atoms with Gasteiger partial charge in [0.05, 0.1) is 18.2 Å². The number of nitrogens with zero attached hydrogens (tertiary/aromatic N) is 1. The Bertz CT molecular complexity index is 535. The van der Waals surface area contributed by atoms with E-state index >= 15 is 0 Å². The Labute approximate surface area is 106 Å². The van der Waals surface area contributed by atoms with E-state index in [1.165, 1.54) is 0 Å². The van der Waals surface area contributed by atoms with Crippen LogP contribution >= 0.6 is 0 Å². The third-order valence-electron chi connectivity index (χ3n) is 2.17. The summed E-state index contributed by atoms with van der Waals surface area (Å²) in [5.41, 5.74) is 4.78. The van der Waals surface area contributed by atoms with Crippen LogP contribution in [0.1, 0.15) is 21.5 Å². The van der Waals surface area contributed by atoms with E-state index in [0.29, 0.717) is 0 Å². The second kappa shape index (κ2) is 5.58. The molecule has 0 amide bonds. The van der Waals surface area contributed by atoms with Gasteiger partial charge in [-0.15, -0.1) is 13.2 Å². The van der Waals surface area contributed by atoms with Gasteiger partial charge in [0.1, 0.15) is 11.8 Å². The van der Waals surface area contributed by atoms with Gasteiger partial charge in [0, 0.05) is 12.1 Å². The molecule has 0 spiro atoms. The van der Waals surface area contributed by atoms with E-state index in [1.807, 2.05) is 0 Å². The number of nitriles is 1. The summed E-state index contributed by atoms with van der Waals surface area (Å²) in [6.07, 6.45) is -4.93. The highest BCUT2D eigenvalue weighted by molar-refractivity contribution is 5.92. The zero-order chi connectivity index (χ0) is 14.6. The standard InChI is InChI=1S/C11H9F3N2O3/c1-18-10(17)8-3-9(19-11(12,13)14)7(5-16)2-6(8)4-15/h2-3H,5,16H2,1H3. The SMILES string of the molecule is COC(=O)c1cc(OC(F)(F)F)c(CN)cc1C#N. The first-order valence-electron chi connectivity index (χ1n) is 4.93. The molecular formula is C11H9F3N2O3. The van der Waals surface area contributed by atoms with Gasteiger partial charge in [0.15, 0.2) is 0 Å². The highest BCUT2D eigenvalue weighted by atomic mass is 19.4. The molecule has 0 fully saturated rings. The predicted octanol–water partition coefficient (Wildman–Crippen LogP) is 1.70. The molecule has 2 N–H and O–H groups in total. The Balaban J connectivity index is 3.38. The van der Waals surface area contributed by atoms with Gasteiger partial charge < -0.3 is 15.2 Å². The fourth-order valence-electron chi connectivity index (χ4n) is 1.38. The van der Waals surface area contributed by atoms with E-state index in [0.717, 1.165) is 19.2 Å². The molecule has 0 heterocycles. The number of benzene rings is 1. The summed E-state index contributed by atoms with van der Waals surface area (Å²) in [5, 5.41) is 8.84. The van der Waals surface area contributed by atoms with Crippen molar-refractivity contribution in [3.8, 4) is 11.8 Å². The molecule has 0 saturated carbocycles. The van der Waals surface area contributed by atoms with E-state index in [2.05, 4.69) is 9.47 Å². The second-order valence-electron chi connectivity index (χ2n) is 3.36. The predicted molar refractivity (Wildman–Crippen MR) is 57.1 cm³/mol. The first-order valence-corrected chi connectivity index (χ1v) is 4.93. The van der Waals surface area contributed by atoms with E-state index in [-0.39, 0.29) is 23.2 Å². The molecule has 0 bridgehead atoms. The fourth-order valence-corrected chi connectivity index (χ4v) is 1.38. The number of esters is 1. The molecular weight excluding hydrogens is 265 g/mol. The first kappa shape index (κ1) is 14.8. The Kier molecular flexibility index (Phi) is 4.34. The number of methoxy groups -OCH3 is 1.